The molecule has 2 fully saturated rings. The van der Waals surface area contributed by atoms with Crippen LogP contribution in [0.2, 0.25) is 0 Å². The summed E-state index contributed by atoms with van der Waals surface area (Å²) in [4.78, 5) is 15.1. The summed E-state index contributed by atoms with van der Waals surface area (Å²) in [6.07, 6.45) is 2.17. The van der Waals surface area contributed by atoms with E-state index in [2.05, 4.69) is 34.7 Å². The van der Waals surface area contributed by atoms with Gasteiger partial charge in [-0.3, -0.25) is 10.2 Å². The standard InChI is InChI=1S/C19H29N5O3S/c1-3-14-12(2)17(22-21-14)19(25)24-10-8-13(9-11-24)18-20-15-6-4-5-7-16(15)28(26,27)23-18/h4-7,12-14,17-18,20-23H,3,8-11H2,1-2H3. The van der Waals surface area contributed by atoms with Crippen LogP contribution in [-0.2, 0) is 14.8 Å². The molecule has 0 aromatic heterocycles. The van der Waals surface area contributed by atoms with Gasteiger partial charge < -0.3 is 10.2 Å². The van der Waals surface area contributed by atoms with Gasteiger partial charge in [0, 0.05) is 19.1 Å². The summed E-state index contributed by atoms with van der Waals surface area (Å²) in [5.41, 5.74) is 7.02. The number of fused-ring (bicyclic) bond motifs is 1. The Kier molecular flexibility index (Phi) is 5.34. The molecule has 3 aliphatic rings. The van der Waals surface area contributed by atoms with Crippen molar-refractivity contribution in [2.24, 2.45) is 11.8 Å². The number of hydrazine groups is 1. The molecule has 0 radical (unpaired) electrons. The molecule has 4 N–H and O–H groups in total. The number of nitrogens with one attached hydrogen (secondary N) is 4. The number of hydrogen-bond acceptors (Lipinski definition) is 6. The van der Waals surface area contributed by atoms with E-state index in [0.29, 0.717) is 24.8 Å². The van der Waals surface area contributed by atoms with E-state index >= 15 is 0 Å². The molecule has 1 amide bonds. The highest BCUT2D eigenvalue weighted by atomic mass is 32.2. The number of sulfonamides is 1. The van der Waals surface area contributed by atoms with Gasteiger partial charge in [0.2, 0.25) is 15.9 Å². The third kappa shape index (κ3) is 3.52. The summed E-state index contributed by atoms with van der Waals surface area (Å²) < 4.78 is 27.8. The molecule has 0 bridgehead atoms. The van der Waals surface area contributed by atoms with Crippen molar-refractivity contribution in [2.45, 2.75) is 56.3 Å². The van der Waals surface area contributed by atoms with Crippen LogP contribution in [0.15, 0.2) is 29.2 Å². The van der Waals surface area contributed by atoms with Crippen LogP contribution in [0.4, 0.5) is 5.69 Å². The zero-order valence-corrected chi connectivity index (χ0v) is 17.1. The number of benzene rings is 1. The Hall–Kier alpha value is -1.68. The normalized spacial score (nSPS) is 32.6. The van der Waals surface area contributed by atoms with E-state index < -0.39 is 10.0 Å². The fourth-order valence-corrected chi connectivity index (χ4v) is 5.95. The van der Waals surface area contributed by atoms with Crippen molar-refractivity contribution in [2.75, 3.05) is 18.4 Å². The van der Waals surface area contributed by atoms with Gasteiger partial charge in [-0.1, -0.05) is 26.0 Å². The van der Waals surface area contributed by atoms with Gasteiger partial charge in [-0.05, 0) is 43.2 Å². The second kappa shape index (κ2) is 7.62. The predicted octanol–water partition coefficient (Wildman–Crippen LogP) is 0.846. The van der Waals surface area contributed by atoms with Crippen LogP contribution >= 0.6 is 0 Å². The quantitative estimate of drug-likeness (QED) is 0.592. The third-order valence-corrected chi connectivity index (χ3v) is 7.88. The SMILES string of the molecule is CCC1NNC(C(=O)N2CCC(C3Nc4ccccc4S(=O)(=O)N3)CC2)C1C. The molecule has 8 nitrogen and oxygen atoms in total. The Morgan fingerprint density at radius 1 is 1.18 bits per heavy atom. The molecular formula is C19H29N5O3S. The molecule has 0 saturated carbocycles. The molecule has 9 heteroatoms. The lowest BCUT2D eigenvalue weighted by molar-refractivity contribution is -0.135. The Labute approximate surface area is 166 Å². The second-order valence-corrected chi connectivity index (χ2v) is 9.72. The van der Waals surface area contributed by atoms with Gasteiger partial charge in [0.25, 0.3) is 0 Å². The van der Waals surface area contributed by atoms with Crippen LogP contribution in [-0.4, -0.2) is 50.6 Å². The Morgan fingerprint density at radius 3 is 2.57 bits per heavy atom. The zero-order chi connectivity index (χ0) is 19.9. The van der Waals surface area contributed by atoms with Crippen molar-refractivity contribution in [3.63, 3.8) is 0 Å². The van der Waals surface area contributed by atoms with Gasteiger partial charge >= 0.3 is 0 Å². The van der Waals surface area contributed by atoms with Crippen LogP contribution in [0.1, 0.15) is 33.1 Å². The third-order valence-electron chi connectivity index (χ3n) is 6.38. The first kappa shape index (κ1) is 19.6. The average Bonchev–Trinajstić information content (AvgIpc) is 3.07. The van der Waals surface area contributed by atoms with Gasteiger partial charge in [0.15, 0.2) is 0 Å². The molecule has 1 aromatic rings. The lowest BCUT2D eigenvalue weighted by atomic mass is 9.91. The van der Waals surface area contributed by atoms with Crippen LogP contribution in [0, 0.1) is 11.8 Å². The molecule has 4 atom stereocenters. The van der Waals surface area contributed by atoms with Crippen molar-refractivity contribution in [1.29, 1.82) is 0 Å². The highest BCUT2D eigenvalue weighted by Crippen LogP contribution is 2.31. The monoisotopic (exact) mass is 407 g/mol. The van der Waals surface area contributed by atoms with Gasteiger partial charge in [0.1, 0.15) is 10.9 Å². The molecule has 3 heterocycles. The highest BCUT2D eigenvalue weighted by molar-refractivity contribution is 7.89. The molecule has 28 heavy (non-hydrogen) atoms. The number of nitrogens with zero attached hydrogens (tertiary/aromatic N) is 1. The van der Waals surface area contributed by atoms with E-state index in [-0.39, 0.29) is 34.8 Å². The topological polar surface area (TPSA) is 103 Å². The fraction of sp³-hybridized carbons (Fsp3) is 0.632. The summed E-state index contributed by atoms with van der Waals surface area (Å²) >= 11 is 0. The minimum Gasteiger partial charge on any atom is -0.368 e. The Bertz CT molecular complexity index is 838. The predicted molar refractivity (Wildman–Crippen MR) is 107 cm³/mol. The second-order valence-electron chi connectivity index (χ2n) is 8.04. The van der Waals surface area contributed by atoms with E-state index in [9.17, 15) is 13.2 Å². The van der Waals surface area contributed by atoms with Crippen LogP contribution in [0.3, 0.4) is 0 Å². The number of amides is 1. The maximum absolute atomic E-state index is 12.9. The number of para-hydroxylation sites is 1. The summed E-state index contributed by atoms with van der Waals surface area (Å²) in [6, 6.07) is 7.07. The smallest absolute Gasteiger partial charge is 0.244 e. The van der Waals surface area contributed by atoms with Gasteiger partial charge in [0.05, 0.1) is 11.9 Å². The summed E-state index contributed by atoms with van der Waals surface area (Å²) in [5.74, 6) is 0.526. The largest absolute Gasteiger partial charge is 0.368 e. The maximum Gasteiger partial charge on any atom is 0.244 e. The number of carbonyl (C=O) groups excluding carboxylic acids is 1. The molecule has 2 saturated heterocycles. The molecule has 154 valence electrons. The van der Waals surface area contributed by atoms with Crippen molar-refractivity contribution < 1.29 is 13.2 Å². The molecular weight excluding hydrogens is 378 g/mol. The highest BCUT2D eigenvalue weighted by Gasteiger charge is 2.40. The zero-order valence-electron chi connectivity index (χ0n) is 16.3. The number of hydrogen-bond donors (Lipinski definition) is 4. The van der Waals surface area contributed by atoms with Gasteiger partial charge in [-0.15, -0.1) is 0 Å². The first-order valence-electron chi connectivity index (χ1n) is 10.1. The first-order chi connectivity index (χ1) is 13.4. The maximum atomic E-state index is 12.9. The first-order valence-corrected chi connectivity index (χ1v) is 11.6. The van der Waals surface area contributed by atoms with Crippen molar-refractivity contribution in [3.8, 4) is 0 Å². The van der Waals surface area contributed by atoms with Crippen molar-refractivity contribution in [1.82, 2.24) is 20.5 Å². The summed E-state index contributed by atoms with van der Waals surface area (Å²) in [7, 11) is -3.51. The van der Waals surface area contributed by atoms with Crippen LogP contribution < -0.4 is 20.9 Å². The molecule has 0 spiro atoms. The number of rotatable bonds is 3. The van der Waals surface area contributed by atoms with Gasteiger partial charge in [-0.2, -0.15) is 4.72 Å². The minimum atomic E-state index is -3.51. The minimum absolute atomic E-state index is 0.136. The number of carbonyl (C=O) groups is 1. The summed E-state index contributed by atoms with van der Waals surface area (Å²) in [6.45, 7) is 5.51. The number of likely N-dealkylation sites (tertiary alicyclic amines) is 1. The molecule has 1 aromatic carbocycles. The van der Waals surface area contributed by atoms with Crippen molar-refractivity contribution >= 4 is 21.6 Å². The Morgan fingerprint density at radius 2 is 1.89 bits per heavy atom. The molecule has 0 aliphatic carbocycles. The summed E-state index contributed by atoms with van der Waals surface area (Å²) in [5, 5.41) is 3.33. The van der Waals surface area contributed by atoms with Crippen LogP contribution in [0.5, 0.6) is 0 Å². The van der Waals surface area contributed by atoms with Gasteiger partial charge in [-0.25, -0.2) is 13.8 Å². The van der Waals surface area contributed by atoms with E-state index in [0.717, 1.165) is 19.3 Å². The molecule has 4 rings (SSSR count). The number of anilines is 1. The van der Waals surface area contributed by atoms with Crippen molar-refractivity contribution in [3.05, 3.63) is 24.3 Å². The fourth-order valence-electron chi connectivity index (χ4n) is 4.56. The lowest BCUT2D eigenvalue weighted by Gasteiger charge is -2.39. The number of piperidine rings is 1. The average molecular weight is 408 g/mol. The van der Waals surface area contributed by atoms with E-state index in [1.165, 1.54) is 0 Å². The molecule has 4 unspecified atom stereocenters. The lowest BCUT2D eigenvalue weighted by Crippen LogP contribution is -2.54. The Balaban J connectivity index is 1.38. The van der Waals surface area contributed by atoms with E-state index in [4.69, 9.17) is 0 Å². The van der Waals surface area contributed by atoms with E-state index in [1.54, 1.807) is 18.2 Å². The molecule has 3 aliphatic heterocycles. The van der Waals surface area contributed by atoms with Crippen LogP contribution in [0.25, 0.3) is 0 Å². The van der Waals surface area contributed by atoms with E-state index in [1.807, 2.05) is 11.0 Å².